The molecule has 4 aromatic rings. The van der Waals surface area contributed by atoms with Gasteiger partial charge in [-0.3, -0.25) is 0 Å². The Hall–Kier alpha value is -1.03. The fourth-order valence-corrected chi connectivity index (χ4v) is 15.7. The second kappa shape index (κ2) is 11.6. The molecule has 0 aromatic heterocycles. The van der Waals surface area contributed by atoms with Crippen LogP contribution in [0.3, 0.4) is 0 Å². The van der Waals surface area contributed by atoms with Crippen LogP contribution in [0, 0.1) is 0 Å². The fraction of sp³-hybridized carbons (Fsp3) is 0.143. The van der Waals surface area contributed by atoms with E-state index >= 15 is 0 Å². The van der Waals surface area contributed by atoms with E-state index in [0.717, 1.165) is 18.7 Å². The van der Waals surface area contributed by atoms with Crippen molar-refractivity contribution in [1.29, 1.82) is 0 Å². The molecular formula is C28H27P2S2Te. The SMILES string of the molecule is S=P(CCC([Te])CP(=S)(c1ccccc1)c1ccccc1)(c1ccccc1)c1ccccc1. The van der Waals surface area contributed by atoms with Crippen molar-refractivity contribution in [1.82, 2.24) is 0 Å². The Morgan fingerprint density at radius 2 is 0.818 bits per heavy atom. The van der Waals surface area contributed by atoms with Crippen molar-refractivity contribution < 1.29 is 0 Å². The molecule has 0 heterocycles. The van der Waals surface area contributed by atoms with Crippen LogP contribution >= 0.6 is 12.1 Å². The van der Waals surface area contributed by atoms with Crippen LogP contribution in [0.1, 0.15) is 6.42 Å². The van der Waals surface area contributed by atoms with Crippen LogP contribution in [0.15, 0.2) is 121 Å². The molecule has 0 aliphatic carbocycles. The molecule has 0 aliphatic rings. The van der Waals surface area contributed by atoms with Crippen LogP contribution in [0.5, 0.6) is 0 Å². The topological polar surface area (TPSA) is 0 Å². The summed E-state index contributed by atoms with van der Waals surface area (Å²) in [7, 11) is 0. The monoisotopic (exact) mass is 619 g/mol. The van der Waals surface area contributed by atoms with Crippen molar-refractivity contribution in [3.63, 3.8) is 0 Å². The van der Waals surface area contributed by atoms with Gasteiger partial charge in [-0.25, -0.2) is 0 Å². The quantitative estimate of drug-likeness (QED) is 0.178. The van der Waals surface area contributed by atoms with Gasteiger partial charge in [0.2, 0.25) is 0 Å². The van der Waals surface area contributed by atoms with Crippen molar-refractivity contribution in [2.75, 3.05) is 12.3 Å². The van der Waals surface area contributed by atoms with Gasteiger partial charge in [0.1, 0.15) is 0 Å². The molecule has 0 amide bonds. The first-order chi connectivity index (χ1) is 16.0. The molecule has 1 unspecified atom stereocenters. The zero-order chi connectivity index (χ0) is 23.2. The van der Waals surface area contributed by atoms with E-state index in [1.807, 2.05) is 0 Å². The van der Waals surface area contributed by atoms with E-state index < -0.39 is 12.1 Å². The van der Waals surface area contributed by atoms with Gasteiger partial charge in [0.05, 0.1) is 0 Å². The molecule has 0 bridgehead atoms. The number of hydrogen-bond donors (Lipinski definition) is 0. The predicted molar refractivity (Wildman–Crippen MR) is 157 cm³/mol. The van der Waals surface area contributed by atoms with Crippen molar-refractivity contribution >= 4 is 79.2 Å². The van der Waals surface area contributed by atoms with Crippen molar-refractivity contribution in [3.8, 4) is 0 Å². The Morgan fingerprint density at radius 1 is 0.515 bits per heavy atom. The molecule has 1 radical (unpaired) electrons. The minimum absolute atomic E-state index is 0.502. The molecule has 0 N–H and O–H groups in total. The Balaban J connectivity index is 1.60. The Labute approximate surface area is 221 Å². The molecule has 0 nitrogen and oxygen atoms in total. The van der Waals surface area contributed by atoms with Crippen molar-refractivity contribution in [2.45, 2.75) is 10.4 Å². The van der Waals surface area contributed by atoms with Gasteiger partial charge in [0.25, 0.3) is 0 Å². The van der Waals surface area contributed by atoms with E-state index in [-0.39, 0.29) is 0 Å². The van der Waals surface area contributed by atoms with Crippen molar-refractivity contribution in [3.05, 3.63) is 121 Å². The molecule has 167 valence electrons. The number of rotatable bonds is 9. The minimum atomic E-state index is -1.89. The van der Waals surface area contributed by atoms with E-state index in [9.17, 15) is 0 Å². The standard InChI is InChI=1S/C28H27P2S2Te/c31-29(24-13-5-1-6-14-24,25-15-7-2-8-16-25)22-21-28(33)23-30(32,26-17-9-3-10-18-26)27-19-11-4-12-20-27/h1-20,28H,21-23H2. The van der Waals surface area contributed by atoms with Gasteiger partial charge >= 0.3 is 223 Å². The van der Waals surface area contributed by atoms with Crippen LogP contribution in [0.4, 0.5) is 0 Å². The summed E-state index contributed by atoms with van der Waals surface area (Å²) in [4.78, 5) is 0. The van der Waals surface area contributed by atoms with E-state index in [4.69, 9.17) is 23.6 Å². The molecule has 0 saturated heterocycles. The average Bonchev–Trinajstić information content (AvgIpc) is 2.89. The van der Waals surface area contributed by atoms with E-state index in [1.165, 1.54) is 21.2 Å². The zero-order valence-electron chi connectivity index (χ0n) is 18.4. The summed E-state index contributed by atoms with van der Waals surface area (Å²) in [6.07, 6.45) is 3.14. The Morgan fingerprint density at radius 3 is 1.15 bits per heavy atom. The van der Waals surface area contributed by atoms with Crippen LogP contribution in [0.2, 0.25) is 3.97 Å². The summed E-state index contributed by atoms with van der Waals surface area (Å²) in [5, 5.41) is 5.24. The van der Waals surface area contributed by atoms with E-state index in [0.29, 0.717) is 3.97 Å². The molecule has 0 spiro atoms. The third-order valence-corrected chi connectivity index (χ3v) is 17.7. The normalized spacial score (nSPS) is 12.9. The van der Waals surface area contributed by atoms with Gasteiger partial charge in [-0.05, 0) is 0 Å². The first kappa shape index (κ1) is 25.1. The molecular weight excluding hydrogens is 590 g/mol. The summed E-state index contributed by atoms with van der Waals surface area (Å²) in [6, 6.07) is 39.3. The molecule has 0 saturated carbocycles. The first-order valence-electron chi connectivity index (χ1n) is 11.1. The predicted octanol–water partition coefficient (Wildman–Crippen LogP) is 5.59. The van der Waals surface area contributed by atoms with Gasteiger partial charge in [-0.1, -0.05) is 0 Å². The van der Waals surface area contributed by atoms with Gasteiger partial charge in [-0.15, -0.1) is 0 Å². The maximum atomic E-state index is 6.50. The van der Waals surface area contributed by atoms with Crippen LogP contribution in [-0.2, 0) is 23.6 Å². The van der Waals surface area contributed by atoms with Crippen molar-refractivity contribution in [2.24, 2.45) is 0 Å². The molecule has 4 rings (SSSR count). The summed E-state index contributed by atoms with van der Waals surface area (Å²) >= 11 is 15.3. The maximum absolute atomic E-state index is 6.50. The van der Waals surface area contributed by atoms with E-state index in [1.54, 1.807) is 0 Å². The molecule has 4 aromatic carbocycles. The van der Waals surface area contributed by atoms with Crippen LogP contribution in [-0.4, -0.2) is 34.6 Å². The summed E-state index contributed by atoms with van der Waals surface area (Å²) < 4.78 is 0.502. The Bertz CT molecular complexity index is 1160. The average molecular weight is 617 g/mol. The zero-order valence-corrected chi connectivity index (χ0v) is 24.1. The van der Waals surface area contributed by atoms with Crippen LogP contribution < -0.4 is 21.2 Å². The summed E-state index contributed by atoms with van der Waals surface area (Å²) in [5.41, 5.74) is 0. The van der Waals surface area contributed by atoms with Gasteiger partial charge in [0.15, 0.2) is 0 Å². The number of hydrogen-bond acceptors (Lipinski definition) is 2. The summed E-state index contributed by atoms with van der Waals surface area (Å²) in [6.45, 7) is 0. The van der Waals surface area contributed by atoms with Gasteiger partial charge in [0, 0.05) is 0 Å². The second-order valence-corrected chi connectivity index (χ2v) is 19.6. The van der Waals surface area contributed by atoms with Gasteiger partial charge < -0.3 is 0 Å². The molecule has 5 heteroatoms. The number of benzene rings is 4. The van der Waals surface area contributed by atoms with Crippen LogP contribution in [0.25, 0.3) is 0 Å². The molecule has 0 fully saturated rings. The summed E-state index contributed by atoms with van der Waals surface area (Å²) in [5.74, 6) is 0. The first-order valence-corrected chi connectivity index (χ1v) is 18.4. The third kappa shape index (κ3) is 5.97. The van der Waals surface area contributed by atoms with E-state index in [2.05, 4.69) is 144 Å². The molecule has 1 atom stereocenters. The third-order valence-electron chi connectivity index (χ3n) is 5.92. The Kier molecular flexibility index (Phi) is 8.81. The molecule has 0 aliphatic heterocycles. The van der Waals surface area contributed by atoms with Gasteiger partial charge in [-0.2, -0.15) is 0 Å². The molecule has 33 heavy (non-hydrogen) atoms. The second-order valence-electron chi connectivity index (χ2n) is 8.14. The fourth-order valence-electron chi connectivity index (χ4n) is 4.15.